The van der Waals surface area contributed by atoms with Crippen LogP contribution in [0.4, 0.5) is 11.6 Å². The first-order valence-corrected chi connectivity index (χ1v) is 7.66. The maximum absolute atomic E-state index is 12.2. The molecule has 0 aliphatic rings. The highest BCUT2D eigenvalue weighted by Gasteiger charge is 2.09. The molecule has 0 aliphatic heterocycles. The number of benzene rings is 1. The molecule has 0 bridgehead atoms. The van der Waals surface area contributed by atoms with Gasteiger partial charge in [-0.2, -0.15) is 0 Å². The van der Waals surface area contributed by atoms with E-state index in [0.717, 1.165) is 10.2 Å². The van der Waals surface area contributed by atoms with Crippen molar-refractivity contribution in [3.05, 3.63) is 70.9 Å². The predicted molar refractivity (Wildman–Crippen MR) is 90.2 cm³/mol. The Balaban J connectivity index is 1.62. The van der Waals surface area contributed by atoms with Crippen molar-refractivity contribution in [1.29, 1.82) is 0 Å². The van der Waals surface area contributed by atoms with Crippen molar-refractivity contribution in [2.24, 2.45) is 0 Å². The Labute approximate surface area is 141 Å². The van der Waals surface area contributed by atoms with Gasteiger partial charge in [0.2, 0.25) is 5.95 Å². The van der Waals surface area contributed by atoms with Gasteiger partial charge < -0.3 is 15.1 Å². The van der Waals surface area contributed by atoms with E-state index in [2.05, 4.69) is 36.5 Å². The molecule has 0 radical (unpaired) electrons. The summed E-state index contributed by atoms with van der Waals surface area (Å²) in [5.41, 5.74) is 1.07. The van der Waals surface area contributed by atoms with Crippen LogP contribution in [0.5, 0.6) is 0 Å². The first kappa shape index (κ1) is 15.2. The van der Waals surface area contributed by atoms with Crippen molar-refractivity contribution >= 4 is 33.5 Å². The molecule has 2 aromatic heterocycles. The van der Waals surface area contributed by atoms with E-state index in [9.17, 15) is 4.79 Å². The summed E-state index contributed by atoms with van der Waals surface area (Å²) >= 11 is 3.38. The number of aromatic nitrogens is 2. The molecule has 116 valence electrons. The number of amides is 1. The standard InChI is InChI=1S/C16H13BrN4O2/c17-13-5-1-2-6-14(13)21-15(22)11-8-18-16(19-9-11)20-10-12-4-3-7-23-12/h1-9H,10H2,(H,21,22)(H,18,19,20). The van der Waals surface area contributed by atoms with Gasteiger partial charge in [0, 0.05) is 16.9 Å². The minimum Gasteiger partial charge on any atom is -0.467 e. The van der Waals surface area contributed by atoms with E-state index in [1.807, 2.05) is 36.4 Å². The zero-order valence-corrected chi connectivity index (χ0v) is 13.6. The van der Waals surface area contributed by atoms with Crippen LogP contribution < -0.4 is 10.6 Å². The van der Waals surface area contributed by atoms with E-state index in [1.165, 1.54) is 12.4 Å². The fourth-order valence-electron chi connectivity index (χ4n) is 1.87. The lowest BCUT2D eigenvalue weighted by Gasteiger charge is -2.07. The van der Waals surface area contributed by atoms with Crippen molar-refractivity contribution in [3.63, 3.8) is 0 Å². The van der Waals surface area contributed by atoms with Crippen LogP contribution in [0, 0.1) is 0 Å². The molecule has 0 unspecified atom stereocenters. The Bertz CT molecular complexity index is 788. The normalized spacial score (nSPS) is 10.3. The third-order valence-corrected chi connectivity index (χ3v) is 3.73. The highest BCUT2D eigenvalue weighted by molar-refractivity contribution is 9.10. The minimum atomic E-state index is -0.269. The molecule has 2 N–H and O–H groups in total. The molecule has 0 saturated heterocycles. The molecular weight excluding hydrogens is 360 g/mol. The second kappa shape index (κ2) is 7.06. The fourth-order valence-corrected chi connectivity index (χ4v) is 2.26. The van der Waals surface area contributed by atoms with Gasteiger partial charge in [-0.1, -0.05) is 12.1 Å². The predicted octanol–water partition coefficient (Wildman–Crippen LogP) is 3.70. The summed E-state index contributed by atoms with van der Waals surface area (Å²) in [5, 5.41) is 5.82. The van der Waals surface area contributed by atoms with Gasteiger partial charge in [-0.15, -0.1) is 0 Å². The van der Waals surface area contributed by atoms with Crippen LogP contribution in [-0.4, -0.2) is 15.9 Å². The van der Waals surface area contributed by atoms with E-state index in [4.69, 9.17) is 4.42 Å². The number of nitrogens with one attached hydrogen (secondary N) is 2. The number of anilines is 2. The van der Waals surface area contributed by atoms with Crippen LogP contribution in [0.1, 0.15) is 16.1 Å². The monoisotopic (exact) mass is 372 g/mol. The first-order chi connectivity index (χ1) is 11.2. The van der Waals surface area contributed by atoms with Crippen molar-refractivity contribution in [3.8, 4) is 0 Å². The lowest BCUT2D eigenvalue weighted by Crippen LogP contribution is -2.13. The van der Waals surface area contributed by atoms with Crippen LogP contribution >= 0.6 is 15.9 Å². The number of hydrogen-bond donors (Lipinski definition) is 2. The van der Waals surface area contributed by atoms with Crippen molar-refractivity contribution < 1.29 is 9.21 Å². The van der Waals surface area contributed by atoms with Crippen LogP contribution in [-0.2, 0) is 6.54 Å². The summed E-state index contributed by atoms with van der Waals surface area (Å²) < 4.78 is 6.02. The lowest BCUT2D eigenvalue weighted by molar-refractivity contribution is 0.102. The van der Waals surface area contributed by atoms with Gasteiger partial charge in [0.1, 0.15) is 5.76 Å². The zero-order valence-electron chi connectivity index (χ0n) is 12.0. The van der Waals surface area contributed by atoms with E-state index < -0.39 is 0 Å². The highest BCUT2D eigenvalue weighted by Crippen LogP contribution is 2.21. The molecule has 0 saturated carbocycles. The molecule has 6 nitrogen and oxygen atoms in total. The number of para-hydroxylation sites is 1. The molecule has 1 amide bonds. The fraction of sp³-hybridized carbons (Fsp3) is 0.0625. The van der Waals surface area contributed by atoms with Gasteiger partial charge in [0.15, 0.2) is 0 Å². The third kappa shape index (κ3) is 3.95. The maximum Gasteiger partial charge on any atom is 0.258 e. The maximum atomic E-state index is 12.2. The average molecular weight is 373 g/mol. The van der Waals surface area contributed by atoms with Crippen molar-refractivity contribution in [1.82, 2.24) is 9.97 Å². The molecule has 0 atom stereocenters. The van der Waals surface area contributed by atoms with Crippen LogP contribution in [0.3, 0.4) is 0 Å². The Morgan fingerprint density at radius 1 is 1.13 bits per heavy atom. The summed E-state index contributed by atoms with van der Waals surface area (Å²) in [5.74, 6) is 0.942. The van der Waals surface area contributed by atoms with Gasteiger partial charge in [0.05, 0.1) is 24.1 Å². The number of carbonyl (C=O) groups excluding carboxylic acids is 1. The molecule has 23 heavy (non-hydrogen) atoms. The number of nitrogens with zero attached hydrogens (tertiary/aromatic N) is 2. The van der Waals surface area contributed by atoms with Gasteiger partial charge in [0.25, 0.3) is 5.91 Å². The summed E-state index contributed by atoms with van der Waals surface area (Å²) in [6.45, 7) is 0.482. The number of hydrogen-bond acceptors (Lipinski definition) is 5. The largest absolute Gasteiger partial charge is 0.467 e. The van der Waals surface area contributed by atoms with Crippen LogP contribution in [0.15, 0.2) is 63.9 Å². The van der Waals surface area contributed by atoms with E-state index >= 15 is 0 Å². The quantitative estimate of drug-likeness (QED) is 0.713. The molecule has 7 heteroatoms. The number of rotatable bonds is 5. The van der Waals surface area contributed by atoms with Crippen molar-refractivity contribution in [2.45, 2.75) is 6.54 Å². The minimum absolute atomic E-state index is 0.269. The van der Waals surface area contributed by atoms with Gasteiger partial charge >= 0.3 is 0 Å². The summed E-state index contributed by atoms with van der Waals surface area (Å²) in [6.07, 6.45) is 4.56. The third-order valence-electron chi connectivity index (χ3n) is 3.04. The van der Waals surface area contributed by atoms with E-state index in [0.29, 0.717) is 23.7 Å². The smallest absolute Gasteiger partial charge is 0.258 e. The Morgan fingerprint density at radius 2 is 1.91 bits per heavy atom. The molecule has 0 aliphatic carbocycles. The van der Waals surface area contributed by atoms with Crippen LogP contribution in [0.25, 0.3) is 0 Å². The highest BCUT2D eigenvalue weighted by atomic mass is 79.9. The average Bonchev–Trinajstić information content (AvgIpc) is 3.09. The summed E-state index contributed by atoms with van der Waals surface area (Å²) in [6, 6.07) is 11.1. The molecular formula is C16H13BrN4O2. The Morgan fingerprint density at radius 3 is 2.61 bits per heavy atom. The second-order valence-electron chi connectivity index (χ2n) is 4.66. The zero-order chi connectivity index (χ0) is 16.1. The molecule has 0 spiro atoms. The number of carbonyl (C=O) groups is 1. The second-order valence-corrected chi connectivity index (χ2v) is 5.52. The van der Waals surface area contributed by atoms with Gasteiger partial charge in [-0.05, 0) is 40.2 Å². The topological polar surface area (TPSA) is 80.0 Å². The van der Waals surface area contributed by atoms with Gasteiger partial charge in [-0.25, -0.2) is 9.97 Å². The Hall–Kier alpha value is -2.67. The van der Waals surface area contributed by atoms with Gasteiger partial charge in [-0.3, -0.25) is 4.79 Å². The molecule has 3 aromatic rings. The van der Waals surface area contributed by atoms with E-state index in [-0.39, 0.29) is 5.91 Å². The lowest BCUT2D eigenvalue weighted by atomic mass is 10.3. The SMILES string of the molecule is O=C(Nc1ccccc1Br)c1cnc(NCc2ccco2)nc1. The number of halogens is 1. The molecule has 0 fully saturated rings. The number of furan rings is 1. The van der Waals surface area contributed by atoms with Crippen LogP contribution in [0.2, 0.25) is 0 Å². The molecule has 1 aromatic carbocycles. The Kier molecular flexibility index (Phi) is 4.68. The first-order valence-electron chi connectivity index (χ1n) is 6.86. The van der Waals surface area contributed by atoms with Crippen molar-refractivity contribution in [2.75, 3.05) is 10.6 Å². The summed E-state index contributed by atoms with van der Waals surface area (Å²) in [7, 11) is 0. The summed E-state index contributed by atoms with van der Waals surface area (Å²) in [4.78, 5) is 20.4. The molecule has 2 heterocycles. The van der Waals surface area contributed by atoms with E-state index in [1.54, 1.807) is 6.26 Å². The molecule has 3 rings (SSSR count).